The lowest BCUT2D eigenvalue weighted by Crippen LogP contribution is -2.34. The molecule has 3 heteroatoms. The van der Waals surface area contributed by atoms with Crippen LogP contribution in [-0.2, 0) is 5.41 Å². The summed E-state index contributed by atoms with van der Waals surface area (Å²) < 4.78 is 0. The van der Waals surface area contributed by atoms with Gasteiger partial charge in [-0.2, -0.15) is 0 Å². The highest BCUT2D eigenvalue weighted by Gasteiger charge is 2.36. The van der Waals surface area contributed by atoms with E-state index < -0.39 is 0 Å². The lowest BCUT2D eigenvalue weighted by Gasteiger charge is -2.32. The lowest BCUT2D eigenvalue weighted by atomic mass is 9.85. The zero-order valence-corrected chi connectivity index (χ0v) is 14.3. The van der Waals surface area contributed by atoms with E-state index in [2.05, 4.69) is 46.9 Å². The van der Waals surface area contributed by atoms with Crippen molar-refractivity contribution < 1.29 is 0 Å². The van der Waals surface area contributed by atoms with Crippen LogP contribution in [-0.4, -0.2) is 23.1 Å². The molecule has 23 heavy (non-hydrogen) atoms. The second-order valence-corrected chi connectivity index (χ2v) is 7.81. The Morgan fingerprint density at radius 1 is 1.13 bits per heavy atom. The summed E-state index contributed by atoms with van der Waals surface area (Å²) in [5.74, 6) is 1.71. The van der Waals surface area contributed by atoms with Gasteiger partial charge in [-0.3, -0.25) is 0 Å². The molecule has 0 spiro atoms. The van der Waals surface area contributed by atoms with Crippen LogP contribution in [0.15, 0.2) is 30.6 Å². The molecule has 4 rings (SSSR count). The van der Waals surface area contributed by atoms with E-state index in [1.807, 2.05) is 19.3 Å². The minimum Gasteiger partial charge on any atom is -0.370 e. The van der Waals surface area contributed by atoms with E-state index in [9.17, 15) is 0 Å². The third kappa shape index (κ3) is 2.62. The number of anilines is 1. The molecule has 0 radical (unpaired) electrons. The smallest absolute Gasteiger partial charge is 0.125 e. The van der Waals surface area contributed by atoms with Gasteiger partial charge in [0.15, 0.2) is 0 Å². The molecule has 3 nitrogen and oxygen atoms in total. The molecule has 120 valence electrons. The largest absolute Gasteiger partial charge is 0.370 e. The summed E-state index contributed by atoms with van der Waals surface area (Å²) in [4.78, 5) is 11.3. The quantitative estimate of drug-likeness (QED) is 0.844. The third-order valence-electron chi connectivity index (χ3n) is 5.47. The van der Waals surface area contributed by atoms with Crippen molar-refractivity contribution in [2.24, 2.45) is 5.92 Å². The van der Waals surface area contributed by atoms with Crippen LogP contribution in [0.3, 0.4) is 0 Å². The molecule has 0 bridgehead atoms. The minimum absolute atomic E-state index is 0.237. The van der Waals surface area contributed by atoms with Crippen LogP contribution in [0.25, 0.3) is 11.1 Å². The monoisotopic (exact) mass is 307 g/mol. The summed E-state index contributed by atoms with van der Waals surface area (Å²) in [5.41, 5.74) is 5.46. The van der Waals surface area contributed by atoms with Crippen LogP contribution in [0.5, 0.6) is 0 Å². The molecule has 0 saturated heterocycles. The average molecular weight is 307 g/mol. The van der Waals surface area contributed by atoms with Crippen molar-refractivity contribution in [2.75, 3.05) is 18.0 Å². The third-order valence-corrected chi connectivity index (χ3v) is 5.47. The van der Waals surface area contributed by atoms with Crippen molar-refractivity contribution in [1.82, 2.24) is 9.97 Å². The SMILES string of the molecule is Cc1ncc(-c2ccc3c(c2)N(CC2CCC2)CC3(C)C)cn1. The summed E-state index contributed by atoms with van der Waals surface area (Å²) in [6.45, 7) is 8.99. The van der Waals surface area contributed by atoms with Gasteiger partial charge in [-0.1, -0.05) is 32.4 Å². The van der Waals surface area contributed by atoms with Crippen molar-refractivity contribution >= 4 is 5.69 Å². The Kier molecular flexibility index (Phi) is 3.40. The van der Waals surface area contributed by atoms with Crippen molar-refractivity contribution in [1.29, 1.82) is 0 Å². The summed E-state index contributed by atoms with van der Waals surface area (Å²) >= 11 is 0. The number of aromatic nitrogens is 2. The maximum Gasteiger partial charge on any atom is 0.125 e. The molecule has 1 saturated carbocycles. The number of fused-ring (bicyclic) bond motifs is 1. The first-order valence-electron chi connectivity index (χ1n) is 8.71. The minimum atomic E-state index is 0.237. The van der Waals surface area contributed by atoms with Crippen LogP contribution < -0.4 is 4.90 Å². The van der Waals surface area contributed by atoms with Crippen molar-refractivity contribution in [3.05, 3.63) is 42.0 Å². The van der Waals surface area contributed by atoms with Crippen molar-refractivity contribution in [3.63, 3.8) is 0 Å². The molecule has 2 aliphatic rings. The Morgan fingerprint density at radius 3 is 2.52 bits per heavy atom. The highest BCUT2D eigenvalue weighted by Crippen LogP contribution is 2.43. The molecule has 0 N–H and O–H groups in total. The summed E-state index contributed by atoms with van der Waals surface area (Å²) in [6, 6.07) is 6.88. The summed E-state index contributed by atoms with van der Waals surface area (Å²) in [6.07, 6.45) is 8.08. The first kappa shape index (κ1) is 14.7. The van der Waals surface area contributed by atoms with Gasteiger partial charge >= 0.3 is 0 Å². The predicted molar refractivity (Wildman–Crippen MR) is 94.8 cm³/mol. The van der Waals surface area contributed by atoms with Gasteiger partial charge in [0.25, 0.3) is 0 Å². The van der Waals surface area contributed by atoms with E-state index in [-0.39, 0.29) is 5.41 Å². The molecule has 1 fully saturated rings. The fourth-order valence-electron chi connectivity index (χ4n) is 3.88. The van der Waals surface area contributed by atoms with E-state index in [0.29, 0.717) is 0 Å². The summed E-state index contributed by atoms with van der Waals surface area (Å²) in [7, 11) is 0. The van der Waals surface area contributed by atoms with E-state index in [4.69, 9.17) is 0 Å². The summed E-state index contributed by atoms with van der Waals surface area (Å²) in [5, 5.41) is 0. The van der Waals surface area contributed by atoms with Crippen LogP contribution in [0, 0.1) is 12.8 Å². The molecule has 0 atom stereocenters. The van der Waals surface area contributed by atoms with Gasteiger partial charge < -0.3 is 4.90 Å². The van der Waals surface area contributed by atoms with E-state index in [1.165, 1.54) is 42.6 Å². The number of benzene rings is 1. The second-order valence-electron chi connectivity index (χ2n) is 7.81. The molecule has 1 aliphatic carbocycles. The van der Waals surface area contributed by atoms with Gasteiger partial charge in [-0.05, 0) is 42.9 Å². The van der Waals surface area contributed by atoms with Crippen molar-refractivity contribution in [3.8, 4) is 11.1 Å². The first-order valence-corrected chi connectivity index (χ1v) is 8.71. The van der Waals surface area contributed by atoms with E-state index in [1.54, 1.807) is 0 Å². The van der Waals surface area contributed by atoms with Gasteiger partial charge in [-0.15, -0.1) is 0 Å². The van der Waals surface area contributed by atoms with E-state index >= 15 is 0 Å². The van der Waals surface area contributed by atoms with Crippen LogP contribution in [0.4, 0.5) is 5.69 Å². The number of hydrogen-bond acceptors (Lipinski definition) is 3. The highest BCUT2D eigenvalue weighted by molar-refractivity contribution is 5.73. The number of rotatable bonds is 3. The predicted octanol–water partition coefficient (Wildman–Crippen LogP) is 4.35. The van der Waals surface area contributed by atoms with Gasteiger partial charge in [0, 0.05) is 42.1 Å². The zero-order valence-electron chi connectivity index (χ0n) is 14.3. The number of nitrogens with zero attached hydrogens (tertiary/aromatic N) is 3. The van der Waals surface area contributed by atoms with Crippen LogP contribution >= 0.6 is 0 Å². The lowest BCUT2D eigenvalue weighted by molar-refractivity contribution is 0.315. The molecule has 1 aromatic heterocycles. The fourth-order valence-corrected chi connectivity index (χ4v) is 3.88. The molecule has 2 aromatic rings. The molecule has 0 amide bonds. The topological polar surface area (TPSA) is 29.0 Å². The van der Waals surface area contributed by atoms with Crippen LogP contribution in [0.2, 0.25) is 0 Å². The fraction of sp³-hybridized carbons (Fsp3) is 0.500. The second kappa shape index (κ2) is 5.33. The first-order chi connectivity index (χ1) is 11.0. The molecular formula is C20H25N3. The standard InChI is InChI=1S/C20H25N3/c1-14-21-10-17(11-22-14)16-7-8-18-19(9-16)23(13-20(18,2)3)12-15-5-4-6-15/h7-11,15H,4-6,12-13H2,1-3H3. The molecule has 0 unspecified atom stereocenters. The van der Waals surface area contributed by atoms with Crippen molar-refractivity contribution in [2.45, 2.75) is 45.4 Å². The zero-order chi connectivity index (χ0) is 16.0. The number of hydrogen-bond donors (Lipinski definition) is 0. The Labute approximate surface area is 138 Å². The van der Waals surface area contributed by atoms with Gasteiger partial charge in [0.05, 0.1) is 0 Å². The normalized spacial score (nSPS) is 19.5. The Balaban J connectivity index is 1.70. The Hall–Kier alpha value is -1.90. The number of aryl methyl sites for hydroxylation is 1. The maximum atomic E-state index is 4.34. The van der Waals surface area contributed by atoms with Gasteiger partial charge in [0.2, 0.25) is 0 Å². The maximum absolute atomic E-state index is 4.34. The highest BCUT2D eigenvalue weighted by atomic mass is 15.2. The molecule has 1 aromatic carbocycles. The Morgan fingerprint density at radius 2 is 1.87 bits per heavy atom. The van der Waals surface area contributed by atoms with Gasteiger partial charge in [0.1, 0.15) is 5.82 Å². The molecule has 2 heterocycles. The van der Waals surface area contributed by atoms with Gasteiger partial charge in [-0.25, -0.2) is 9.97 Å². The van der Waals surface area contributed by atoms with E-state index in [0.717, 1.165) is 23.9 Å². The average Bonchev–Trinajstić information content (AvgIpc) is 2.74. The molecular weight excluding hydrogens is 282 g/mol. The molecule has 1 aliphatic heterocycles. The Bertz CT molecular complexity index is 714. The van der Waals surface area contributed by atoms with Crippen LogP contribution in [0.1, 0.15) is 44.5 Å².